The zero-order chi connectivity index (χ0) is 14.5. The first-order chi connectivity index (χ1) is 9.41. The molecule has 0 amide bonds. The van der Waals surface area contributed by atoms with Crippen molar-refractivity contribution in [2.24, 2.45) is 0 Å². The predicted molar refractivity (Wildman–Crippen MR) is 76.6 cm³/mol. The summed E-state index contributed by atoms with van der Waals surface area (Å²) in [4.78, 5) is -0.0900. The van der Waals surface area contributed by atoms with Crippen LogP contribution < -0.4 is 5.11 Å². The summed E-state index contributed by atoms with van der Waals surface area (Å²) < 4.78 is 25.0. The molecular formula is C15H10ClO3S-. The molecule has 0 bridgehead atoms. The van der Waals surface area contributed by atoms with E-state index in [9.17, 15) is 13.5 Å². The van der Waals surface area contributed by atoms with Crippen LogP contribution in [-0.4, -0.2) is 8.42 Å². The normalized spacial score (nSPS) is 16.3. The van der Waals surface area contributed by atoms with E-state index in [1.165, 1.54) is 6.07 Å². The molecule has 20 heavy (non-hydrogen) atoms. The zero-order valence-electron chi connectivity index (χ0n) is 10.6. The third-order valence-electron chi connectivity index (χ3n) is 3.25. The molecule has 0 unspecified atom stereocenters. The number of halogens is 1. The van der Waals surface area contributed by atoms with Crippen LogP contribution in [0.4, 0.5) is 0 Å². The van der Waals surface area contributed by atoms with Crippen molar-refractivity contribution in [3.63, 3.8) is 0 Å². The van der Waals surface area contributed by atoms with Crippen molar-refractivity contribution < 1.29 is 13.5 Å². The van der Waals surface area contributed by atoms with E-state index in [0.29, 0.717) is 10.6 Å². The van der Waals surface area contributed by atoms with Gasteiger partial charge >= 0.3 is 0 Å². The molecule has 3 rings (SSSR count). The van der Waals surface area contributed by atoms with Crippen LogP contribution in [0, 0.1) is 6.92 Å². The minimum atomic E-state index is -3.75. The van der Waals surface area contributed by atoms with Crippen molar-refractivity contribution in [2.75, 3.05) is 0 Å². The lowest BCUT2D eigenvalue weighted by molar-refractivity contribution is -0.242. The summed E-state index contributed by atoms with van der Waals surface area (Å²) in [6.07, 6.45) is 0. The van der Waals surface area contributed by atoms with Crippen molar-refractivity contribution in [1.29, 1.82) is 0 Å². The molecule has 0 saturated carbocycles. The van der Waals surface area contributed by atoms with Crippen molar-refractivity contribution in [1.82, 2.24) is 0 Å². The van der Waals surface area contributed by atoms with E-state index in [1.54, 1.807) is 36.4 Å². The summed E-state index contributed by atoms with van der Waals surface area (Å²) in [6.45, 7) is 1.82. The Morgan fingerprint density at radius 1 is 1.05 bits per heavy atom. The molecule has 0 saturated heterocycles. The highest BCUT2D eigenvalue weighted by molar-refractivity contribution is 8.01. The number of benzene rings is 2. The number of rotatable bonds is 1. The monoisotopic (exact) mass is 305 g/mol. The van der Waals surface area contributed by atoms with E-state index in [2.05, 4.69) is 0 Å². The van der Waals surface area contributed by atoms with Crippen LogP contribution in [0.2, 0.25) is 5.02 Å². The highest BCUT2D eigenvalue weighted by atomic mass is 35.5. The molecule has 1 aliphatic heterocycles. The molecular weight excluding hydrogens is 296 g/mol. The van der Waals surface area contributed by atoms with Crippen LogP contribution in [0.1, 0.15) is 16.7 Å². The second-order valence-corrected chi connectivity index (χ2v) is 6.96. The van der Waals surface area contributed by atoms with Gasteiger partial charge in [0.15, 0.2) is 0 Å². The average Bonchev–Trinajstić information content (AvgIpc) is 2.58. The molecule has 0 spiro atoms. The first-order valence-corrected chi connectivity index (χ1v) is 7.81. The predicted octanol–water partition coefficient (Wildman–Crippen LogP) is 2.62. The molecule has 2 aromatic rings. The minimum Gasteiger partial charge on any atom is -0.871 e. The van der Waals surface area contributed by atoms with E-state index in [-0.39, 0.29) is 15.4 Å². The molecule has 0 aromatic heterocycles. The Morgan fingerprint density at radius 2 is 1.70 bits per heavy atom. The Balaban J connectivity index is 2.29. The number of fused-ring (bicyclic) bond motifs is 1. The molecule has 0 N–H and O–H groups in total. The van der Waals surface area contributed by atoms with Crippen molar-refractivity contribution in [3.05, 3.63) is 64.2 Å². The van der Waals surface area contributed by atoms with Crippen molar-refractivity contribution in [3.8, 4) is 0 Å². The molecule has 1 aliphatic rings. The maximum atomic E-state index is 12.5. The van der Waals surface area contributed by atoms with Gasteiger partial charge in [0.1, 0.15) is 0 Å². The lowest BCUT2D eigenvalue weighted by atomic mass is 10.1. The summed E-state index contributed by atoms with van der Waals surface area (Å²) in [6, 6.07) is 11.0. The highest BCUT2D eigenvalue weighted by Gasteiger charge is 2.32. The SMILES string of the molecule is Cc1ccc2c(c1)C([O-])=C(c1ccc(Cl)cc1)S2(=O)=O. The summed E-state index contributed by atoms with van der Waals surface area (Å²) in [5.41, 5.74) is 1.47. The van der Waals surface area contributed by atoms with E-state index in [1.807, 2.05) is 6.92 Å². The van der Waals surface area contributed by atoms with Gasteiger partial charge in [-0.15, -0.1) is 0 Å². The summed E-state index contributed by atoms with van der Waals surface area (Å²) >= 11 is 5.79. The third-order valence-corrected chi connectivity index (χ3v) is 5.40. The van der Waals surface area contributed by atoms with E-state index < -0.39 is 15.6 Å². The van der Waals surface area contributed by atoms with Gasteiger partial charge in [-0.1, -0.05) is 47.2 Å². The molecule has 0 aliphatic carbocycles. The number of sulfone groups is 1. The van der Waals surface area contributed by atoms with Gasteiger partial charge in [-0.05, 0) is 36.2 Å². The average molecular weight is 306 g/mol. The second-order valence-electron chi connectivity index (χ2n) is 4.67. The maximum Gasteiger partial charge on any atom is 0.207 e. The molecule has 1 heterocycles. The first-order valence-electron chi connectivity index (χ1n) is 5.94. The van der Waals surface area contributed by atoms with Gasteiger partial charge < -0.3 is 5.11 Å². The van der Waals surface area contributed by atoms with Crippen LogP contribution in [0.5, 0.6) is 0 Å². The van der Waals surface area contributed by atoms with E-state index in [0.717, 1.165) is 5.56 Å². The summed E-state index contributed by atoms with van der Waals surface area (Å²) in [7, 11) is -3.75. The summed E-state index contributed by atoms with van der Waals surface area (Å²) in [5, 5.41) is 12.9. The Kier molecular flexibility index (Phi) is 2.88. The molecule has 5 heteroatoms. The molecule has 102 valence electrons. The third kappa shape index (κ3) is 1.84. The van der Waals surface area contributed by atoms with E-state index >= 15 is 0 Å². The van der Waals surface area contributed by atoms with Gasteiger partial charge in [0.25, 0.3) is 0 Å². The highest BCUT2D eigenvalue weighted by Crippen LogP contribution is 2.42. The van der Waals surface area contributed by atoms with Gasteiger partial charge in [0.05, 0.1) is 9.80 Å². The molecule has 0 atom stereocenters. The van der Waals surface area contributed by atoms with Crippen LogP contribution in [-0.2, 0) is 9.84 Å². The smallest absolute Gasteiger partial charge is 0.207 e. The van der Waals surface area contributed by atoms with Gasteiger partial charge in [-0.25, -0.2) is 8.42 Å². The van der Waals surface area contributed by atoms with Gasteiger partial charge in [-0.3, -0.25) is 0 Å². The standard InChI is InChI=1S/C15H11ClO3S/c1-9-2-7-13-12(8-9)14(17)15(20(13,18)19)10-3-5-11(16)6-4-10/h2-8,17H,1H3/p-1. The molecule has 0 fully saturated rings. The quantitative estimate of drug-likeness (QED) is 0.814. The lowest BCUT2D eigenvalue weighted by Gasteiger charge is -2.11. The second kappa shape index (κ2) is 4.36. The topological polar surface area (TPSA) is 57.2 Å². The Labute approximate surface area is 122 Å². The number of hydrogen-bond donors (Lipinski definition) is 0. The van der Waals surface area contributed by atoms with Gasteiger partial charge in [0, 0.05) is 5.02 Å². The number of aryl methyl sites for hydroxylation is 1. The molecule has 2 aromatic carbocycles. The maximum absolute atomic E-state index is 12.5. The van der Waals surface area contributed by atoms with E-state index in [4.69, 9.17) is 11.6 Å². The van der Waals surface area contributed by atoms with Crippen LogP contribution in [0.25, 0.3) is 10.7 Å². The van der Waals surface area contributed by atoms with Crippen molar-refractivity contribution in [2.45, 2.75) is 11.8 Å². The van der Waals surface area contributed by atoms with Crippen molar-refractivity contribution >= 4 is 32.1 Å². The van der Waals surface area contributed by atoms with Crippen LogP contribution in [0.15, 0.2) is 47.4 Å². The Morgan fingerprint density at radius 3 is 2.35 bits per heavy atom. The van der Waals surface area contributed by atoms with Crippen LogP contribution >= 0.6 is 11.6 Å². The van der Waals surface area contributed by atoms with Gasteiger partial charge in [-0.2, -0.15) is 0 Å². The lowest BCUT2D eigenvalue weighted by Crippen LogP contribution is -2.04. The molecule has 3 nitrogen and oxygen atoms in total. The largest absolute Gasteiger partial charge is 0.871 e. The van der Waals surface area contributed by atoms with Gasteiger partial charge in [0.2, 0.25) is 9.84 Å². The zero-order valence-corrected chi connectivity index (χ0v) is 12.1. The molecule has 0 radical (unpaired) electrons. The fourth-order valence-corrected chi connectivity index (χ4v) is 4.13. The Hall–Kier alpha value is -1.78. The minimum absolute atomic E-state index is 0.0815. The Bertz CT molecular complexity index is 834. The first kappa shape index (κ1) is 13.2. The fourth-order valence-electron chi connectivity index (χ4n) is 2.30. The summed E-state index contributed by atoms with van der Waals surface area (Å²) in [5.74, 6) is -0.453. The van der Waals surface area contributed by atoms with Crippen LogP contribution in [0.3, 0.4) is 0 Å². The fraction of sp³-hybridized carbons (Fsp3) is 0.0667. The number of hydrogen-bond acceptors (Lipinski definition) is 3.